The summed E-state index contributed by atoms with van der Waals surface area (Å²) >= 11 is 0.931. The van der Waals surface area contributed by atoms with Crippen molar-refractivity contribution < 1.29 is 90.4 Å². The Morgan fingerprint density at radius 2 is 1.74 bits per heavy atom. The van der Waals surface area contributed by atoms with Crippen molar-refractivity contribution in [2.24, 2.45) is 5.41 Å². The summed E-state index contributed by atoms with van der Waals surface area (Å²) in [7, 11) is -16.4. The number of aliphatic hydroxyl groups is 2. The number of carboxylic acid groups (broad SMARTS) is 1. The monoisotopic (exact) mass is 907 g/mol. The van der Waals surface area contributed by atoms with Gasteiger partial charge in [0, 0.05) is 37.1 Å². The van der Waals surface area contributed by atoms with E-state index in [1.165, 1.54) is 19.9 Å². The Balaban J connectivity index is 1.45. The smallest absolute Gasteiger partial charge is 0.481 e. The highest BCUT2D eigenvalue weighted by Gasteiger charge is 2.50. The Kier molecular flexibility index (Phi) is 18.1. The van der Waals surface area contributed by atoms with Crippen molar-refractivity contribution in [1.82, 2.24) is 30.2 Å². The zero-order chi connectivity index (χ0) is 43.5. The first-order valence-corrected chi connectivity index (χ1v) is 22.4. The number of hydrogen-bond donors (Lipinski definition) is 10. The largest absolute Gasteiger partial charge is 0.481 e. The molecule has 0 spiro atoms. The first-order chi connectivity index (χ1) is 26.9. The summed E-state index contributed by atoms with van der Waals surface area (Å²) in [5, 5.41) is 34.6. The number of unbranched alkanes of at least 4 members (excludes halogenated alkanes) is 1. The molecule has 326 valence electrons. The highest BCUT2D eigenvalue weighted by atomic mass is 32.2. The summed E-state index contributed by atoms with van der Waals surface area (Å²) in [6.45, 7) is 0.293. The van der Waals surface area contributed by atoms with Crippen molar-refractivity contribution in [3.63, 3.8) is 0 Å². The molecule has 1 aliphatic rings. The van der Waals surface area contributed by atoms with E-state index in [2.05, 4.69) is 34.4 Å². The average molecular weight is 908 g/mol. The van der Waals surface area contributed by atoms with Crippen molar-refractivity contribution in [3.05, 3.63) is 24.8 Å². The molecule has 7 atom stereocenters. The second kappa shape index (κ2) is 21.3. The molecule has 2 amide bonds. The molecule has 58 heavy (non-hydrogen) atoms. The molecule has 2 unspecified atom stereocenters. The summed E-state index contributed by atoms with van der Waals surface area (Å²) in [4.78, 5) is 97.8. The van der Waals surface area contributed by atoms with E-state index in [0.717, 1.165) is 29.0 Å². The number of hydrogen-bond acceptors (Lipinski definition) is 19. The average Bonchev–Trinajstić information content (AvgIpc) is 3.67. The third-order valence-electron chi connectivity index (χ3n) is 7.76. The van der Waals surface area contributed by atoms with Gasteiger partial charge in [0.15, 0.2) is 17.7 Å². The van der Waals surface area contributed by atoms with E-state index in [4.69, 9.17) is 24.6 Å². The summed E-state index contributed by atoms with van der Waals surface area (Å²) in [5.74, 6) is -2.24. The molecule has 0 saturated carbocycles. The van der Waals surface area contributed by atoms with E-state index in [1.807, 2.05) is 0 Å². The Bertz CT molecular complexity index is 1950. The van der Waals surface area contributed by atoms with Crippen molar-refractivity contribution in [2.75, 3.05) is 37.8 Å². The van der Waals surface area contributed by atoms with Gasteiger partial charge in [-0.3, -0.25) is 37.3 Å². The van der Waals surface area contributed by atoms with E-state index in [0.29, 0.717) is 12.8 Å². The van der Waals surface area contributed by atoms with Gasteiger partial charge in [-0.25, -0.2) is 28.6 Å². The molecule has 26 nitrogen and oxygen atoms in total. The summed E-state index contributed by atoms with van der Waals surface area (Å²) in [6.07, 6.45) is -3.36. The van der Waals surface area contributed by atoms with Crippen LogP contribution >= 0.6 is 35.2 Å². The number of amides is 2. The number of aromatic nitrogens is 4. The number of carbonyl (C=O) groups excluding carboxylic acids is 3. The van der Waals surface area contributed by atoms with Crippen LogP contribution in [0.25, 0.3) is 11.2 Å². The van der Waals surface area contributed by atoms with Crippen LogP contribution in [0.2, 0.25) is 0 Å². The lowest BCUT2D eigenvalue weighted by molar-refractivity contribution is -0.137. The first-order valence-electron chi connectivity index (χ1n) is 16.9. The molecule has 0 aliphatic carbocycles. The number of nitrogens with zero attached hydrogens (tertiary/aromatic N) is 4. The number of fused-ring (bicyclic) bond motifs is 1. The van der Waals surface area contributed by atoms with Gasteiger partial charge in [0.2, 0.25) is 16.9 Å². The number of nitrogen functional groups attached to an aromatic ring is 1. The van der Waals surface area contributed by atoms with Gasteiger partial charge >= 0.3 is 29.4 Å². The van der Waals surface area contributed by atoms with Crippen molar-refractivity contribution in [3.8, 4) is 0 Å². The van der Waals surface area contributed by atoms with Crippen molar-refractivity contribution >= 4 is 75.1 Å². The van der Waals surface area contributed by atoms with Gasteiger partial charge < -0.3 is 56.0 Å². The predicted molar refractivity (Wildman–Crippen MR) is 198 cm³/mol. The number of aliphatic hydroxyl groups excluding tert-OH is 2. The Morgan fingerprint density at radius 3 is 2.41 bits per heavy atom. The normalized spacial score (nSPS) is 21.4. The van der Waals surface area contributed by atoms with Gasteiger partial charge in [0.25, 0.3) is 0 Å². The van der Waals surface area contributed by atoms with Crippen LogP contribution in [0.3, 0.4) is 0 Å². The number of nitrogens with two attached hydrogens (primary N) is 1. The van der Waals surface area contributed by atoms with Crippen LogP contribution in [0, 0.1) is 5.41 Å². The summed E-state index contributed by atoms with van der Waals surface area (Å²) in [5.41, 5.74) is 4.21. The fourth-order valence-electron chi connectivity index (χ4n) is 4.88. The SMILES string of the molecule is CC(C)(COP(=O)(O)OP(=O)(O)OC[C@H]1O[C@@H](n2cnc3c(N)ncnc32)[C@H](O)[C@@H]1OP(=O)(O)O)[C@@H](O)C(=O)NCCC(=O)NCCSC(=O)/C=C/CCCC(=O)O. The van der Waals surface area contributed by atoms with Crippen LogP contribution in [0.4, 0.5) is 5.82 Å². The number of phosphoric ester groups is 3. The molecule has 1 saturated heterocycles. The third-order valence-corrected chi connectivity index (χ3v) is 11.7. The summed E-state index contributed by atoms with van der Waals surface area (Å²) in [6, 6.07) is 0. The van der Waals surface area contributed by atoms with Crippen LogP contribution in [0.15, 0.2) is 24.8 Å². The highest BCUT2D eigenvalue weighted by Crippen LogP contribution is 2.61. The van der Waals surface area contributed by atoms with Gasteiger partial charge in [-0.05, 0) is 18.9 Å². The molecule has 2 aromatic heterocycles. The molecule has 2 aromatic rings. The number of allylic oxidation sites excluding steroid dienone is 1. The molecular formula is C28H44N7O19P3S. The minimum Gasteiger partial charge on any atom is -0.481 e. The molecular weight excluding hydrogens is 863 g/mol. The molecule has 0 radical (unpaired) electrons. The lowest BCUT2D eigenvalue weighted by Crippen LogP contribution is -2.46. The Morgan fingerprint density at radius 1 is 1.05 bits per heavy atom. The number of nitrogens with one attached hydrogen (secondary N) is 2. The summed E-state index contributed by atoms with van der Waals surface area (Å²) < 4.78 is 62.0. The molecule has 0 aromatic carbocycles. The second-order valence-electron chi connectivity index (χ2n) is 12.9. The number of anilines is 1. The van der Waals surface area contributed by atoms with Crippen LogP contribution in [-0.2, 0) is 55.5 Å². The first kappa shape index (κ1) is 49.1. The molecule has 30 heteroatoms. The number of carbonyl (C=O) groups is 4. The number of aliphatic carboxylic acids is 1. The third kappa shape index (κ3) is 15.7. The number of phosphoric acid groups is 3. The predicted octanol–water partition coefficient (Wildman–Crippen LogP) is -0.524. The number of rotatable bonds is 24. The molecule has 11 N–H and O–H groups in total. The lowest BCUT2D eigenvalue weighted by Gasteiger charge is -2.30. The highest BCUT2D eigenvalue weighted by molar-refractivity contribution is 8.14. The van der Waals surface area contributed by atoms with Gasteiger partial charge in [-0.1, -0.05) is 31.7 Å². The fourth-order valence-corrected chi connectivity index (χ4v) is 8.31. The van der Waals surface area contributed by atoms with E-state index in [9.17, 15) is 62.7 Å². The molecule has 3 heterocycles. The number of thioether (sulfide) groups is 1. The minimum absolute atomic E-state index is 0.0104. The minimum atomic E-state index is -5.59. The molecule has 3 rings (SSSR count). The quantitative estimate of drug-likeness (QED) is 0.0360. The van der Waals surface area contributed by atoms with Crippen LogP contribution in [0.1, 0.15) is 45.8 Å². The van der Waals surface area contributed by atoms with Crippen LogP contribution < -0.4 is 16.4 Å². The van der Waals surface area contributed by atoms with Gasteiger partial charge in [0.1, 0.15) is 36.3 Å². The van der Waals surface area contributed by atoms with Crippen molar-refractivity contribution in [1.29, 1.82) is 0 Å². The van der Waals surface area contributed by atoms with E-state index < -0.39 is 90.5 Å². The van der Waals surface area contributed by atoms with Crippen LogP contribution in [-0.4, -0.2) is 134 Å². The van der Waals surface area contributed by atoms with E-state index >= 15 is 0 Å². The van der Waals surface area contributed by atoms with Gasteiger partial charge in [0.05, 0.1) is 19.5 Å². The fraction of sp³-hybridized carbons (Fsp3) is 0.607. The lowest BCUT2D eigenvalue weighted by atomic mass is 9.87. The maximum atomic E-state index is 12.7. The van der Waals surface area contributed by atoms with Crippen LogP contribution in [0.5, 0.6) is 0 Å². The van der Waals surface area contributed by atoms with Gasteiger partial charge in [-0.15, -0.1) is 0 Å². The zero-order valence-electron chi connectivity index (χ0n) is 30.7. The number of carboxylic acids is 1. The molecule has 1 aliphatic heterocycles. The second-order valence-corrected chi connectivity index (χ2v) is 18.3. The number of imidazole rings is 1. The number of ether oxygens (including phenoxy) is 1. The van der Waals surface area contributed by atoms with E-state index in [1.54, 1.807) is 6.08 Å². The maximum Gasteiger partial charge on any atom is 0.481 e. The maximum absolute atomic E-state index is 12.7. The standard InChI is InChI=1S/C28H44N7O19P3S/c1-28(2,23(41)26(42)31-9-8-17(36)30-10-11-58-19(39)7-5-3-4-6-18(37)38)13-51-57(48,49)54-56(46,47)50-12-16-22(53-55(43,44)45)21(40)27(52-16)35-15-34-20-24(29)32-14-33-25(20)35/h5,7,14-16,21-23,27,40-41H,3-4,6,8-13H2,1-2H3,(H,30,36)(H,31,42)(H,37,38)(H,46,47)(H,48,49)(H2,29,32,33)(H2,43,44,45)/b7-5+/t16-,21-,22-,23+,27-/m1/s1. The molecule has 0 bridgehead atoms. The topological polar surface area (TPSA) is 401 Å². The van der Waals surface area contributed by atoms with Gasteiger partial charge in [-0.2, -0.15) is 4.31 Å². The van der Waals surface area contributed by atoms with E-state index in [-0.39, 0.29) is 53.8 Å². The van der Waals surface area contributed by atoms with Crippen molar-refractivity contribution in [2.45, 2.75) is 70.2 Å². The molecule has 1 fully saturated rings. The Labute approximate surface area is 333 Å². The Hall–Kier alpha value is -3.23. The zero-order valence-corrected chi connectivity index (χ0v) is 34.2.